The van der Waals surface area contributed by atoms with Crippen LogP contribution in [0.2, 0.25) is 0 Å². The molecule has 6 nitrogen and oxygen atoms in total. The molecule has 6 heteroatoms. The molecular weight excluding hydrogens is 284 g/mol. The average Bonchev–Trinajstić information content (AvgIpc) is 2.53. The number of hydrogen-bond acceptors (Lipinski definition) is 5. The highest BCUT2D eigenvalue weighted by molar-refractivity contribution is 5.45. The Kier molecular flexibility index (Phi) is 5.32. The molecule has 2 N–H and O–H groups in total. The van der Waals surface area contributed by atoms with Crippen molar-refractivity contribution in [1.82, 2.24) is 5.32 Å². The van der Waals surface area contributed by atoms with Gasteiger partial charge in [0.2, 0.25) is 0 Å². The number of nitrogens with zero attached hydrogens (tertiary/aromatic N) is 1. The maximum absolute atomic E-state index is 10.6. The van der Waals surface area contributed by atoms with Crippen LogP contribution in [0.1, 0.15) is 11.1 Å². The first-order valence-electron chi connectivity index (χ1n) is 6.90. The number of non-ortho nitro benzene ring substituents is 1. The highest BCUT2D eigenvalue weighted by atomic mass is 16.6. The Labute approximate surface area is 128 Å². The number of nitrogens with one attached hydrogen (secondary N) is 1. The maximum atomic E-state index is 10.6. The second-order valence-corrected chi connectivity index (χ2v) is 4.82. The summed E-state index contributed by atoms with van der Waals surface area (Å²) in [6, 6.07) is 11.9. The SMILES string of the molecule is COc1cccc(CNCCc2ccc([N+](=O)[O-])cc2)c1O. The summed E-state index contributed by atoms with van der Waals surface area (Å²) in [6.45, 7) is 1.23. The Bertz CT molecular complexity index is 641. The fourth-order valence-corrected chi connectivity index (χ4v) is 2.12. The minimum absolute atomic E-state index is 0.0954. The van der Waals surface area contributed by atoms with Crippen molar-refractivity contribution < 1.29 is 14.8 Å². The van der Waals surface area contributed by atoms with Gasteiger partial charge in [-0.25, -0.2) is 0 Å². The maximum Gasteiger partial charge on any atom is 0.269 e. The van der Waals surface area contributed by atoms with E-state index in [9.17, 15) is 15.2 Å². The lowest BCUT2D eigenvalue weighted by atomic mass is 10.1. The normalized spacial score (nSPS) is 10.4. The lowest BCUT2D eigenvalue weighted by molar-refractivity contribution is -0.384. The van der Waals surface area contributed by atoms with Crippen molar-refractivity contribution >= 4 is 5.69 Å². The topological polar surface area (TPSA) is 84.6 Å². The van der Waals surface area contributed by atoms with Crippen molar-refractivity contribution in [3.05, 3.63) is 63.7 Å². The summed E-state index contributed by atoms with van der Waals surface area (Å²) in [7, 11) is 1.51. The number of ether oxygens (including phenoxy) is 1. The van der Waals surface area contributed by atoms with Gasteiger partial charge in [0.25, 0.3) is 5.69 Å². The van der Waals surface area contributed by atoms with Gasteiger partial charge < -0.3 is 15.2 Å². The van der Waals surface area contributed by atoms with Gasteiger partial charge >= 0.3 is 0 Å². The molecule has 0 aromatic heterocycles. The predicted octanol–water partition coefficient (Wildman–Crippen LogP) is 2.64. The predicted molar refractivity (Wildman–Crippen MR) is 83.2 cm³/mol. The number of para-hydroxylation sites is 1. The van der Waals surface area contributed by atoms with Gasteiger partial charge in [0.1, 0.15) is 0 Å². The van der Waals surface area contributed by atoms with E-state index in [2.05, 4.69) is 5.32 Å². The third-order valence-corrected chi connectivity index (χ3v) is 3.36. The van der Waals surface area contributed by atoms with E-state index in [1.165, 1.54) is 19.2 Å². The second kappa shape index (κ2) is 7.42. The van der Waals surface area contributed by atoms with E-state index >= 15 is 0 Å². The zero-order valence-corrected chi connectivity index (χ0v) is 12.3. The number of nitro benzene ring substituents is 1. The van der Waals surface area contributed by atoms with Gasteiger partial charge in [-0.15, -0.1) is 0 Å². The molecule has 0 saturated heterocycles. The molecule has 0 radical (unpaired) electrons. The molecule has 22 heavy (non-hydrogen) atoms. The molecule has 0 bridgehead atoms. The van der Waals surface area contributed by atoms with Crippen molar-refractivity contribution in [1.29, 1.82) is 0 Å². The summed E-state index contributed by atoms with van der Waals surface area (Å²) < 4.78 is 5.06. The van der Waals surface area contributed by atoms with Crippen LogP contribution in [0.4, 0.5) is 5.69 Å². The Balaban J connectivity index is 1.83. The molecule has 2 aromatic carbocycles. The number of methoxy groups -OCH3 is 1. The molecule has 0 amide bonds. The van der Waals surface area contributed by atoms with Crippen LogP contribution in [0.15, 0.2) is 42.5 Å². The quantitative estimate of drug-likeness (QED) is 0.466. The van der Waals surface area contributed by atoms with Gasteiger partial charge in [-0.1, -0.05) is 24.3 Å². The number of phenolic OH excluding ortho intramolecular Hbond substituents is 1. The number of benzene rings is 2. The Hall–Kier alpha value is -2.60. The smallest absolute Gasteiger partial charge is 0.269 e. The monoisotopic (exact) mass is 302 g/mol. The summed E-state index contributed by atoms with van der Waals surface area (Å²) in [6.07, 6.45) is 0.753. The fourth-order valence-electron chi connectivity index (χ4n) is 2.12. The minimum Gasteiger partial charge on any atom is -0.504 e. The van der Waals surface area contributed by atoms with Crippen LogP contribution >= 0.6 is 0 Å². The zero-order chi connectivity index (χ0) is 15.9. The van der Waals surface area contributed by atoms with Crippen molar-refractivity contribution in [2.75, 3.05) is 13.7 Å². The molecular formula is C16H18N2O4. The lowest BCUT2D eigenvalue weighted by Gasteiger charge is -2.09. The summed E-state index contributed by atoms with van der Waals surface area (Å²) >= 11 is 0. The van der Waals surface area contributed by atoms with Crippen LogP contribution in [0.5, 0.6) is 11.5 Å². The molecule has 0 aliphatic heterocycles. The van der Waals surface area contributed by atoms with E-state index in [1.807, 2.05) is 12.1 Å². The number of hydrogen-bond donors (Lipinski definition) is 2. The summed E-state index contributed by atoms with van der Waals surface area (Å²) in [4.78, 5) is 10.2. The molecule has 0 aliphatic carbocycles. The first-order valence-corrected chi connectivity index (χ1v) is 6.90. The number of rotatable bonds is 7. The van der Waals surface area contributed by atoms with Gasteiger partial charge in [-0.3, -0.25) is 10.1 Å². The van der Waals surface area contributed by atoms with Crippen LogP contribution in [-0.4, -0.2) is 23.7 Å². The molecule has 0 heterocycles. The van der Waals surface area contributed by atoms with E-state index in [0.29, 0.717) is 18.8 Å². The molecule has 0 unspecified atom stereocenters. The molecule has 2 aromatic rings. The van der Waals surface area contributed by atoms with Gasteiger partial charge in [-0.05, 0) is 24.6 Å². The Morgan fingerprint density at radius 1 is 1.23 bits per heavy atom. The van der Waals surface area contributed by atoms with Crippen molar-refractivity contribution in [3.8, 4) is 11.5 Å². The van der Waals surface area contributed by atoms with Gasteiger partial charge in [0.05, 0.1) is 12.0 Å². The van der Waals surface area contributed by atoms with Crippen molar-refractivity contribution in [3.63, 3.8) is 0 Å². The standard InChI is InChI=1S/C16H18N2O4/c1-22-15-4-2-3-13(16(15)19)11-17-10-9-12-5-7-14(8-6-12)18(20)21/h2-8,17,19H,9-11H2,1H3. The largest absolute Gasteiger partial charge is 0.504 e. The minimum atomic E-state index is -0.409. The Morgan fingerprint density at radius 2 is 1.95 bits per heavy atom. The third kappa shape index (κ3) is 3.95. The van der Waals surface area contributed by atoms with Crippen LogP contribution in [0.3, 0.4) is 0 Å². The first-order chi connectivity index (χ1) is 10.6. The molecule has 116 valence electrons. The van der Waals surface area contributed by atoms with Crippen LogP contribution < -0.4 is 10.1 Å². The molecule has 2 rings (SSSR count). The molecule has 0 saturated carbocycles. The molecule has 0 spiro atoms. The number of phenols is 1. The van der Waals surface area contributed by atoms with E-state index < -0.39 is 4.92 Å². The van der Waals surface area contributed by atoms with E-state index in [1.54, 1.807) is 18.2 Å². The van der Waals surface area contributed by atoms with Crippen LogP contribution in [-0.2, 0) is 13.0 Å². The molecule has 0 aliphatic rings. The zero-order valence-electron chi connectivity index (χ0n) is 12.3. The number of nitro groups is 1. The third-order valence-electron chi connectivity index (χ3n) is 3.36. The van der Waals surface area contributed by atoms with E-state index in [0.717, 1.165) is 17.5 Å². The lowest BCUT2D eigenvalue weighted by Crippen LogP contribution is -2.16. The van der Waals surface area contributed by atoms with Crippen molar-refractivity contribution in [2.45, 2.75) is 13.0 Å². The summed E-state index contributed by atoms with van der Waals surface area (Å²) in [5, 5.41) is 23.8. The highest BCUT2D eigenvalue weighted by Crippen LogP contribution is 2.29. The fraction of sp³-hybridized carbons (Fsp3) is 0.250. The highest BCUT2D eigenvalue weighted by Gasteiger charge is 2.07. The summed E-state index contributed by atoms with van der Waals surface area (Å²) in [5.74, 6) is 0.600. The molecule has 0 atom stereocenters. The summed E-state index contributed by atoms with van der Waals surface area (Å²) in [5.41, 5.74) is 1.88. The first kappa shape index (κ1) is 15.8. The van der Waals surface area contributed by atoms with Crippen LogP contribution in [0.25, 0.3) is 0 Å². The molecule has 0 fully saturated rings. The van der Waals surface area contributed by atoms with Gasteiger partial charge in [0.15, 0.2) is 11.5 Å². The Morgan fingerprint density at radius 3 is 2.59 bits per heavy atom. The van der Waals surface area contributed by atoms with Crippen LogP contribution in [0, 0.1) is 10.1 Å². The average molecular weight is 302 g/mol. The van der Waals surface area contributed by atoms with Crippen molar-refractivity contribution in [2.24, 2.45) is 0 Å². The van der Waals surface area contributed by atoms with Gasteiger partial charge in [0, 0.05) is 24.2 Å². The van der Waals surface area contributed by atoms with Gasteiger partial charge in [-0.2, -0.15) is 0 Å². The van der Waals surface area contributed by atoms with E-state index in [4.69, 9.17) is 4.74 Å². The second-order valence-electron chi connectivity index (χ2n) is 4.82. The number of aromatic hydroxyl groups is 1. The van der Waals surface area contributed by atoms with E-state index in [-0.39, 0.29) is 11.4 Å².